The number of nitrogens with one attached hydrogen (secondary N) is 2. The summed E-state index contributed by atoms with van der Waals surface area (Å²) in [7, 11) is 0. The van der Waals surface area contributed by atoms with Crippen molar-refractivity contribution in [2.75, 3.05) is 52.5 Å². The molecule has 0 bridgehead atoms. The summed E-state index contributed by atoms with van der Waals surface area (Å²) in [5.41, 5.74) is 0.247. The Labute approximate surface area is 111 Å². The van der Waals surface area contributed by atoms with Gasteiger partial charge in [-0.15, -0.1) is 0 Å². The van der Waals surface area contributed by atoms with Gasteiger partial charge in [0.05, 0.1) is 13.2 Å². The van der Waals surface area contributed by atoms with Crippen molar-refractivity contribution in [3.8, 4) is 0 Å². The average Bonchev–Trinajstić information content (AvgIpc) is 2.41. The molecule has 4 nitrogen and oxygen atoms in total. The smallest absolute Gasteiger partial charge is 0.0594 e. The lowest BCUT2D eigenvalue weighted by atomic mass is 9.97. The number of morpholine rings is 1. The highest BCUT2D eigenvalue weighted by molar-refractivity contribution is 4.85. The SMILES string of the molecule is CC(C)(CNCC1CCNCC1)N1CCOCC1. The minimum atomic E-state index is 0.247. The fraction of sp³-hybridized carbons (Fsp3) is 1.00. The molecule has 0 unspecified atom stereocenters. The second-order valence-electron chi connectivity index (χ2n) is 6.24. The first kappa shape index (κ1) is 14.3. The number of hydrogen-bond donors (Lipinski definition) is 2. The first-order valence-electron chi connectivity index (χ1n) is 7.43. The predicted molar refractivity (Wildman–Crippen MR) is 74.9 cm³/mol. The third-order valence-electron chi connectivity index (χ3n) is 4.32. The van der Waals surface area contributed by atoms with Crippen molar-refractivity contribution >= 4 is 0 Å². The topological polar surface area (TPSA) is 36.5 Å². The first-order chi connectivity index (χ1) is 8.68. The van der Waals surface area contributed by atoms with Crippen molar-refractivity contribution in [2.45, 2.75) is 32.2 Å². The number of piperidine rings is 1. The van der Waals surface area contributed by atoms with Crippen LogP contribution in [0.3, 0.4) is 0 Å². The van der Waals surface area contributed by atoms with Gasteiger partial charge in [0, 0.05) is 25.2 Å². The molecule has 0 atom stereocenters. The van der Waals surface area contributed by atoms with Crippen molar-refractivity contribution in [1.29, 1.82) is 0 Å². The molecular weight excluding hydrogens is 226 g/mol. The third-order valence-corrected chi connectivity index (χ3v) is 4.32. The molecule has 0 saturated carbocycles. The van der Waals surface area contributed by atoms with Crippen LogP contribution in [-0.2, 0) is 4.74 Å². The van der Waals surface area contributed by atoms with E-state index in [1.54, 1.807) is 0 Å². The molecule has 0 aromatic carbocycles. The van der Waals surface area contributed by atoms with Crippen molar-refractivity contribution < 1.29 is 4.74 Å². The Bertz CT molecular complexity index is 233. The highest BCUT2D eigenvalue weighted by Crippen LogP contribution is 2.16. The van der Waals surface area contributed by atoms with E-state index in [-0.39, 0.29) is 5.54 Å². The molecule has 2 aliphatic heterocycles. The van der Waals surface area contributed by atoms with Gasteiger partial charge in [0.1, 0.15) is 0 Å². The second-order valence-corrected chi connectivity index (χ2v) is 6.24. The highest BCUT2D eigenvalue weighted by Gasteiger charge is 2.28. The van der Waals surface area contributed by atoms with Crippen molar-refractivity contribution in [1.82, 2.24) is 15.5 Å². The van der Waals surface area contributed by atoms with Crippen molar-refractivity contribution in [2.24, 2.45) is 5.92 Å². The van der Waals surface area contributed by atoms with Gasteiger partial charge < -0.3 is 15.4 Å². The van der Waals surface area contributed by atoms with E-state index in [4.69, 9.17) is 4.74 Å². The molecule has 0 spiro atoms. The normalized spacial score (nSPS) is 24.3. The van der Waals surface area contributed by atoms with Gasteiger partial charge in [-0.3, -0.25) is 4.90 Å². The summed E-state index contributed by atoms with van der Waals surface area (Å²) in [5, 5.41) is 7.11. The Kier molecular flexibility index (Phi) is 5.42. The zero-order valence-corrected chi connectivity index (χ0v) is 12.0. The Morgan fingerprint density at radius 3 is 2.56 bits per heavy atom. The van der Waals surface area contributed by atoms with E-state index in [1.807, 2.05) is 0 Å². The van der Waals surface area contributed by atoms with Crippen LogP contribution in [0.5, 0.6) is 0 Å². The summed E-state index contributed by atoms with van der Waals surface area (Å²) in [5.74, 6) is 0.867. The van der Waals surface area contributed by atoms with Gasteiger partial charge in [-0.2, -0.15) is 0 Å². The lowest BCUT2D eigenvalue weighted by Gasteiger charge is -2.41. The molecule has 0 radical (unpaired) electrons. The van der Waals surface area contributed by atoms with E-state index in [1.165, 1.54) is 32.5 Å². The number of rotatable bonds is 5. The van der Waals surface area contributed by atoms with Gasteiger partial charge in [0.25, 0.3) is 0 Å². The molecule has 2 aliphatic rings. The highest BCUT2D eigenvalue weighted by atomic mass is 16.5. The maximum atomic E-state index is 5.43. The van der Waals surface area contributed by atoms with Gasteiger partial charge >= 0.3 is 0 Å². The minimum Gasteiger partial charge on any atom is -0.379 e. The molecule has 0 amide bonds. The summed E-state index contributed by atoms with van der Waals surface area (Å²) in [6.07, 6.45) is 2.65. The van der Waals surface area contributed by atoms with Gasteiger partial charge in [0.2, 0.25) is 0 Å². The standard InChI is InChI=1S/C14H29N3O/c1-14(2,17-7-9-18-10-8-17)12-16-11-13-3-5-15-6-4-13/h13,15-16H,3-12H2,1-2H3. The lowest BCUT2D eigenvalue weighted by molar-refractivity contribution is -0.00984. The van der Waals surface area contributed by atoms with E-state index in [9.17, 15) is 0 Å². The van der Waals surface area contributed by atoms with Crippen molar-refractivity contribution in [3.05, 3.63) is 0 Å². The van der Waals surface area contributed by atoms with E-state index in [2.05, 4.69) is 29.4 Å². The number of nitrogens with zero attached hydrogens (tertiary/aromatic N) is 1. The van der Waals surface area contributed by atoms with E-state index in [0.29, 0.717) is 0 Å². The molecule has 2 N–H and O–H groups in total. The largest absolute Gasteiger partial charge is 0.379 e. The quantitative estimate of drug-likeness (QED) is 0.758. The molecule has 18 heavy (non-hydrogen) atoms. The summed E-state index contributed by atoms with van der Waals surface area (Å²) in [4.78, 5) is 2.55. The molecule has 2 heterocycles. The van der Waals surface area contributed by atoms with Gasteiger partial charge in [-0.05, 0) is 52.2 Å². The molecule has 106 valence electrons. The molecular formula is C14H29N3O. The van der Waals surface area contributed by atoms with Crippen LogP contribution < -0.4 is 10.6 Å². The van der Waals surface area contributed by atoms with E-state index >= 15 is 0 Å². The van der Waals surface area contributed by atoms with Crippen LogP contribution in [-0.4, -0.2) is 62.9 Å². The zero-order chi connectivity index (χ0) is 12.8. The minimum absolute atomic E-state index is 0.247. The van der Waals surface area contributed by atoms with Crippen LogP contribution in [0.2, 0.25) is 0 Å². The Balaban J connectivity index is 1.67. The van der Waals surface area contributed by atoms with Crippen molar-refractivity contribution in [3.63, 3.8) is 0 Å². The van der Waals surface area contributed by atoms with Crippen LogP contribution >= 0.6 is 0 Å². The van der Waals surface area contributed by atoms with E-state index in [0.717, 1.165) is 38.8 Å². The third kappa shape index (κ3) is 4.19. The summed E-state index contributed by atoms with van der Waals surface area (Å²) in [6, 6.07) is 0. The maximum Gasteiger partial charge on any atom is 0.0594 e. The molecule has 0 aliphatic carbocycles. The zero-order valence-electron chi connectivity index (χ0n) is 12.0. The van der Waals surface area contributed by atoms with Gasteiger partial charge in [-0.1, -0.05) is 0 Å². The molecule has 2 saturated heterocycles. The summed E-state index contributed by atoms with van der Waals surface area (Å²) in [6.45, 7) is 13.2. The Morgan fingerprint density at radius 2 is 1.89 bits per heavy atom. The van der Waals surface area contributed by atoms with E-state index < -0.39 is 0 Å². The molecule has 2 fully saturated rings. The number of hydrogen-bond acceptors (Lipinski definition) is 4. The fourth-order valence-electron chi connectivity index (χ4n) is 2.95. The maximum absolute atomic E-state index is 5.43. The predicted octanol–water partition coefficient (Wildman–Crippen LogP) is 0.686. The monoisotopic (exact) mass is 255 g/mol. The fourth-order valence-corrected chi connectivity index (χ4v) is 2.95. The Hall–Kier alpha value is -0.160. The van der Waals surface area contributed by atoms with Crippen LogP contribution in [0.4, 0.5) is 0 Å². The molecule has 4 heteroatoms. The Morgan fingerprint density at radius 1 is 1.22 bits per heavy atom. The average molecular weight is 255 g/mol. The first-order valence-corrected chi connectivity index (χ1v) is 7.43. The summed E-state index contributed by atoms with van der Waals surface area (Å²) >= 11 is 0. The van der Waals surface area contributed by atoms with Crippen LogP contribution in [0.1, 0.15) is 26.7 Å². The van der Waals surface area contributed by atoms with Crippen LogP contribution in [0, 0.1) is 5.92 Å². The molecule has 2 rings (SSSR count). The van der Waals surface area contributed by atoms with Crippen LogP contribution in [0.15, 0.2) is 0 Å². The number of ether oxygens (including phenoxy) is 1. The van der Waals surface area contributed by atoms with Gasteiger partial charge in [0.15, 0.2) is 0 Å². The summed E-state index contributed by atoms with van der Waals surface area (Å²) < 4.78 is 5.43. The molecule has 0 aromatic rings. The van der Waals surface area contributed by atoms with Gasteiger partial charge in [-0.25, -0.2) is 0 Å². The molecule has 0 aromatic heterocycles. The van der Waals surface area contributed by atoms with Crippen LogP contribution in [0.25, 0.3) is 0 Å². The second kappa shape index (κ2) is 6.85. The lowest BCUT2D eigenvalue weighted by Crippen LogP contribution is -2.55.